The summed E-state index contributed by atoms with van der Waals surface area (Å²) in [6.45, 7) is 3.39. The monoisotopic (exact) mass is 309 g/mol. The van der Waals surface area contributed by atoms with Gasteiger partial charge in [0.25, 0.3) is 5.91 Å². The van der Waals surface area contributed by atoms with Gasteiger partial charge in [-0.2, -0.15) is 0 Å². The van der Waals surface area contributed by atoms with E-state index in [-0.39, 0.29) is 12.1 Å². The summed E-state index contributed by atoms with van der Waals surface area (Å²) >= 11 is 1.18. The Morgan fingerprint density at radius 3 is 2.67 bits per heavy atom. The van der Waals surface area contributed by atoms with Crippen molar-refractivity contribution >= 4 is 38.9 Å². The number of fused-ring (bicyclic) bond motifs is 1. The molecule has 21 heavy (non-hydrogen) atoms. The van der Waals surface area contributed by atoms with E-state index >= 15 is 0 Å². The standard InChI is InChI=1S/C14H16FN3O2S/c1-14(2,6-10(16)19)18-13(20)12-11(17)8-5-7(15)3-4-9(8)21-12/h3-5H,6,17H2,1-2H3,(H2,16,19)(H,18,20). The lowest BCUT2D eigenvalue weighted by atomic mass is 10.00. The Balaban J connectivity index is 2.32. The molecule has 0 atom stereocenters. The average molecular weight is 309 g/mol. The number of nitrogens with two attached hydrogens (primary N) is 2. The quantitative estimate of drug-likeness (QED) is 0.805. The molecule has 0 aliphatic carbocycles. The second kappa shape index (κ2) is 5.33. The lowest BCUT2D eigenvalue weighted by molar-refractivity contribution is -0.119. The van der Waals surface area contributed by atoms with Crippen LogP contribution in [-0.2, 0) is 4.79 Å². The smallest absolute Gasteiger partial charge is 0.263 e. The van der Waals surface area contributed by atoms with Crippen LogP contribution in [0.5, 0.6) is 0 Å². The predicted molar refractivity (Wildman–Crippen MR) is 81.6 cm³/mol. The number of amides is 2. The van der Waals surface area contributed by atoms with Crippen molar-refractivity contribution in [2.45, 2.75) is 25.8 Å². The van der Waals surface area contributed by atoms with Crippen LogP contribution in [0.3, 0.4) is 0 Å². The summed E-state index contributed by atoms with van der Waals surface area (Å²) in [4.78, 5) is 23.6. The Hall–Kier alpha value is -2.15. The zero-order valence-electron chi connectivity index (χ0n) is 11.7. The third-order valence-electron chi connectivity index (χ3n) is 2.96. The Morgan fingerprint density at radius 1 is 1.38 bits per heavy atom. The first kappa shape index (κ1) is 15.2. The number of thiophene rings is 1. The lowest BCUT2D eigenvalue weighted by Crippen LogP contribution is -2.45. The number of carbonyl (C=O) groups excluding carboxylic acids is 2. The van der Waals surface area contributed by atoms with Gasteiger partial charge in [-0.3, -0.25) is 9.59 Å². The Labute approximate surface area is 125 Å². The summed E-state index contributed by atoms with van der Waals surface area (Å²) in [5.41, 5.74) is 10.5. The van der Waals surface area contributed by atoms with E-state index in [0.29, 0.717) is 10.3 Å². The molecule has 2 amide bonds. The third-order valence-corrected chi connectivity index (χ3v) is 4.15. The van der Waals surface area contributed by atoms with Crippen LogP contribution in [-0.4, -0.2) is 17.4 Å². The molecule has 2 aromatic rings. The van der Waals surface area contributed by atoms with Crippen molar-refractivity contribution in [3.8, 4) is 0 Å². The van der Waals surface area contributed by atoms with Crippen molar-refractivity contribution in [3.05, 3.63) is 28.9 Å². The minimum absolute atomic E-state index is 0.0121. The largest absolute Gasteiger partial charge is 0.397 e. The van der Waals surface area contributed by atoms with Crippen molar-refractivity contribution in [1.82, 2.24) is 5.32 Å². The van der Waals surface area contributed by atoms with E-state index < -0.39 is 23.2 Å². The number of benzene rings is 1. The molecule has 112 valence electrons. The number of nitrogen functional groups attached to an aromatic ring is 1. The van der Waals surface area contributed by atoms with Crippen LogP contribution in [0.25, 0.3) is 10.1 Å². The molecule has 0 aliphatic rings. The van der Waals surface area contributed by atoms with Crippen molar-refractivity contribution in [1.29, 1.82) is 0 Å². The maximum atomic E-state index is 13.2. The average Bonchev–Trinajstić information content (AvgIpc) is 2.64. The normalized spacial score (nSPS) is 11.6. The summed E-state index contributed by atoms with van der Waals surface area (Å²) in [6, 6.07) is 4.19. The maximum Gasteiger partial charge on any atom is 0.263 e. The molecule has 0 unspecified atom stereocenters. The second-order valence-corrected chi connectivity index (χ2v) is 6.52. The van der Waals surface area contributed by atoms with Gasteiger partial charge in [-0.05, 0) is 32.0 Å². The van der Waals surface area contributed by atoms with Crippen LogP contribution < -0.4 is 16.8 Å². The molecule has 2 rings (SSSR count). The minimum Gasteiger partial charge on any atom is -0.397 e. The van der Waals surface area contributed by atoms with Gasteiger partial charge in [-0.1, -0.05) is 0 Å². The van der Waals surface area contributed by atoms with E-state index in [1.54, 1.807) is 19.9 Å². The molecule has 0 fully saturated rings. The van der Waals surface area contributed by atoms with Crippen molar-refractivity contribution in [2.24, 2.45) is 5.73 Å². The highest BCUT2D eigenvalue weighted by Gasteiger charge is 2.26. The van der Waals surface area contributed by atoms with Gasteiger partial charge in [0, 0.05) is 22.0 Å². The zero-order chi connectivity index (χ0) is 15.8. The first-order valence-corrected chi connectivity index (χ1v) is 7.09. The molecule has 0 radical (unpaired) electrons. The number of primary amides is 1. The fraction of sp³-hybridized carbons (Fsp3) is 0.286. The van der Waals surface area contributed by atoms with E-state index in [1.807, 2.05) is 0 Å². The molecular formula is C14H16FN3O2S. The highest BCUT2D eigenvalue weighted by Crippen LogP contribution is 2.34. The van der Waals surface area contributed by atoms with Crippen LogP contribution in [0.1, 0.15) is 29.9 Å². The Morgan fingerprint density at radius 2 is 2.05 bits per heavy atom. The number of halogens is 1. The first-order valence-electron chi connectivity index (χ1n) is 6.28. The minimum atomic E-state index is -0.781. The van der Waals surface area contributed by atoms with Gasteiger partial charge in [0.05, 0.1) is 5.69 Å². The van der Waals surface area contributed by atoms with E-state index in [1.165, 1.54) is 23.5 Å². The van der Waals surface area contributed by atoms with Gasteiger partial charge < -0.3 is 16.8 Å². The van der Waals surface area contributed by atoms with Crippen molar-refractivity contribution in [2.75, 3.05) is 5.73 Å². The Bertz CT molecular complexity index is 724. The fourth-order valence-electron chi connectivity index (χ4n) is 2.10. The molecular weight excluding hydrogens is 293 g/mol. The number of carbonyl (C=O) groups is 2. The molecule has 1 aromatic carbocycles. The van der Waals surface area contributed by atoms with Gasteiger partial charge >= 0.3 is 0 Å². The predicted octanol–water partition coefficient (Wildman–Crippen LogP) is 2.01. The van der Waals surface area contributed by atoms with Gasteiger partial charge in [0.15, 0.2) is 0 Å². The van der Waals surface area contributed by atoms with Crippen molar-refractivity contribution in [3.63, 3.8) is 0 Å². The molecule has 0 aliphatic heterocycles. The SMILES string of the molecule is CC(C)(CC(N)=O)NC(=O)c1sc2ccc(F)cc2c1N. The number of hydrogen-bond donors (Lipinski definition) is 3. The lowest BCUT2D eigenvalue weighted by Gasteiger charge is -2.24. The summed E-state index contributed by atoms with van der Waals surface area (Å²) in [5, 5.41) is 3.23. The molecule has 7 heteroatoms. The summed E-state index contributed by atoms with van der Waals surface area (Å²) in [5.74, 6) is -1.32. The third kappa shape index (κ3) is 3.30. The summed E-state index contributed by atoms with van der Waals surface area (Å²) in [6.07, 6.45) is 0.0121. The Kier molecular flexibility index (Phi) is 3.87. The number of hydrogen-bond acceptors (Lipinski definition) is 4. The van der Waals surface area contributed by atoms with Gasteiger partial charge in [-0.25, -0.2) is 4.39 Å². The zero-order valence-corrected chi connectivity index (χ0v) is 12.5. The van der Waals surface area contributed by atoms with E-state index in [9.17, 15) is 14.0 Å². The van der Waals surface area contributed by atoms with E-state index in [0.717, 1.165) is 4.70 Å². The van der Waals surface area contributed by atoms with E-state index in [2.05, 4.69) is 5.32 Å². The van der Waals surface area contributed by atoms with Crippen LogP contribution in [0, 0.1) is 5.82 Å². The van der Waals surface area contributed by atoms with E-state index in [4.69, 9.17) is 11.5 Å². The molecule has 0 saturated carbocycles. The first-order chi connectivity index (χ1) is 9.69. The summed E-state index contributed by atoms with van der Waals surface area (Å²) in [7, 11) is 0. The van der Waals surface area contributed by atoms with Crippen LogP contribution in [0.2, 0.25) is 0 Å². The molecule has 0 bridgehead atoms. The molecule has 1 heterocycles. The molecule has 0 saturated heterocycles. The molecule has 5 N–H and O–H groups in total. The molecule has 0 spiro atoms. The highest BCUT2D eigenvalue weighted by molar-refractivity contribution is 7.21. The van der Waals surface area contributed by atoms with Crippen LogP contribution >= 0.6 is 11.3 Å². The maximum absolute atomic E-state index is 13.2. The van der Waals surface area contributed by atoms with Gasteiger partial charge in [0.2, 0.25) is 5.91 Å². The molecule has 1 aromatic heterocycles. The molecule has 5 nitrogen and oxygen atoms in total. The van der Waals surface area contributed by atoms with Gasteiger partial charge in [-0.15, -0.1) is 11.3 Å². The number of anilines is 1. The fourth-order valence-corrected chi connectivity index (χ4v) is 3.10. The van der Waals surface area contributed by atoms with Crippen molar-refractivity contribution < 1.29 is 14.0 Å². The summed E-state index contributed by atoms with van der Waals surface area (Å²) < 4.78 is 14.0. The number of nitrogens with one attached hydrogen (secondary N) is 1. The topological polar surface area (TPSA) is 98.2 Å². The van der Waals surface area contributed by atoms with Gasteiger partial charge in [0.1, 0.15) is 10.7 Å². The van der Waals surface area contributed by atoms with Crippen LogP contribution in [0.15, 0.2) is 18.2 Å². The highest BCUT2D eigenvalue weighted by atomic mass is 32.1. The second-order valence-electron chi connectivity index (χ2n) is 5.47. The number of rotatable bonds is 4. The van der Waals surface area contributed by atoms with Crippen LogP contribution in [0.4, 0.5) is 10.1 Å².